The van der Waals surface area contributed by atoms with Gasteiger partial charge in [-0.2, -0.15) is 4.31 Å². The molecule has 3 rings (SSSR count). The summed E-state index contributed by atoms with van der Waals surface area (Å²) >= 11 is 0. The number of nitrogens with zero attached hydrogens (tertiary/aromatic N) is 1. The van der Waals surface area contributed by atoms with Crippen molar-refractivity contribution in [2.75, 3.05) is 51.9 Å². The zero-order valence-corrected chi connectivity index (χ0v) is 19.0. The van der Waals surface area contributed by atoms with Crippen LogP contribution in [-0.4, -0.2) is 71.2 Å². The first-order valence-electron chi connectivity index (χ1n) is 10.3. The Labute approximate surface area is 192 Å². The van der Waals surface area contributed by atoms with Crippen molar-refractivity contribution < 1.29 is 37.0 Å². The van der Waals surface area contributed by atoms with Crippen molar-refractivity contribution in [3.63, 3.8) is 0 Å². The number of carbonyl (C=O) groups excluding carboxylic acids is 2. The van der Waals surface area contributed by atoms with Gasteiger partial charge in [0, 0.05) is 18.8 Å². The zero-order valence-electron chi connectivity index (χ0n) is 18.2. The number of anilines is 1. The lowest BCUT2D eigenvalue weighted by atomic mass is 10.3. The summed E-state index contributed by atoms with van der Waals surface area (Å²) in [5.41, 5.74) is 0.285. The number of sulfonamides is 1. The van der Waals surface area contributed by atoms with Crippen LogP contribution >= 0.6 is 0 Å². The average Bonchev–Trinajstić information content (AvgIpc) is 2.84. The van der Waals surface area contributed by atoms with Gasteiger partial charge in [0.2, 0.25) is 10.0 Å². The number of hydrogen-bond acceptors (Lipinski definition) is 8. The molecule has 1 amide bonds. The van der Waals surface area contributed by atoms with E-state index < -0.39 is 28.5 Å². The Balaban J connectivity index is 1.43. The molecule has 1 saturated heterocycles. The molecule has 33 heavy (non-hydrogen) atoms. The van der Waals surface area contributed by atoms with Gasteiger partial charge in [0.05, 0.1) is 38.2 Å². The molecule has 0 spiro atoms. The van der Waals surface area contributed by atoms with Crippen molar-refractivity contribution in [2.45, 2.75) is 11.3 Å². The van der Waals surface area contributed by atoms with Crippen LogP contribution in [0.4, 0.5) is 5.69 Å². The highest BCUT2D eigenvalue weighted by Gasteiger charge is 2.26. The largest absolute Gasteiger partial charge is 0.497 e. The lowest BCUT2D eigenvalue weighted by Gasteiger charge is -2.26. The quantitative estimate of drug-likeness (QED) is 0.512. The fourth-order valence-electron chi connectivity index (χ4n) is 3.01. The molecular weight excluding hydrogens is 452 g/mol. The predicted octanol–water partition coefficient (Wildman–Crippen LogP) is 1.67. The van der Waals surface area contributed by atoms with Crippen LogP contribution in [0.3, 0.4) is 0 Å². The lowest BCUT2D eigenvalue weighted by molar-refractivity contribution is -0.147. The molecule has 0 unspecified atom stereocenters. The van der Waals surface area contributed by atoms with Gasteiger partial charge < -0.3 is 24.3 Å². The fraction of sp³-hybridized carbons (Fsp3) is 0.364. The number of benzene rings is 2. The van der Waals surface area contributed by atoms with E-state index in [0.29, 0.717) is 24.7 Å². The number of esters is 1. The Hall–Kier alpha value is -3.15. The highest BCUT2D eigenvalue weighted by atomic mass is 32.2. The molecule has 178 valence electrons. The van der Waals surface area contributed by atoms with E-state index in [2.05, 4.69) is 5.32 Å². The molecule has 1 heterocycles. The molecule has 0 aliphatic carbocycles. The molecule has 0 bridgehead atoms. The number of hydrogen-bond donors (Lipinski definition) is 1. The first-order chi connectivity index (χ1) is 15.9. The monoisotopic (exact) mass is 478 g/mol. The van der Waals surface area contributed by atoms with E-state index in [4.69, 9.17) is 18.9 Å². The second-order valence-corrected chi connectivity index (χ2v) is 8.97. The summed E-state index contributed by atoms with van der Waals surface area (Å²) in [6, 6.07) is 12.8. The maximum Gasteiger partial charge on any atom is 0.309 e. The van der Waals surface area contributed by atoms with Crippen LogP contribution < -0.4 is 14.8 Å². The maximum atomic E-state index is 12.7. The molecule has 0 atom stereocenters. The van der Waals surface area contributed by atoms with Crippen LogP contribution in [0.2, 0.25) is 0 Å². The second-order valence-electron chi connectivity index (χ2n) is 7.03. The molecular formula is C22H26N2O8S. The normalized spacial score (nSPS) is 14.3. The summed E-state index contributed by atoms with van der Waals surface area (Å²) in [6.07, 6.45) is -0.0351. The van der Waals surface area contributed by atoms with Crippen molar-refractivity contribution in [3.05, 3.63) is 48.5 Å². The number of morpholine rings is 1. The molecule has 2 aromatic rings. The van der Waals surface area contributed by atoms with Gasteiger partial charge in [-0.15, -0.1) is 0 Å². The first-order valence-corrected chi connectivity index (χ1v) is 11.7. The summed E-state index contributed by atoms with van der Waals surface area (Å²) in [7, 11) is -2.13. The van der Waals surface area contributed by atoms with Crippen molar-refractivity contribution in [1.29, 1.82) is 0 Å². The van der Waals surface area contributed by atoms with Crippen LogP contribution in [0.5, 0.6) is 11.5 Å². The Morgan fingerprint density at radius 2 is 1.76 bits per heavy atom. The molecule has 11 heteroatoms. The number of ether oxygens (including phenoxy) is 4. The SMILES string of the molecule is COc1ccc(OCCC(=O)OCC(=O)Nc2cccc(S(=O)(=O)N3CCOCC3)c2)cc1. The molecule has 1 fully saturated rings. The predicted molar refractivity (Wildman–Crippen MR) is 119 cm³/mol. The van der Waals surface area contributed by atoms with E-state index in [1.54, 1.807) is 37.4 Å². The zero-order chi connectivity index (χ0) is 23.7. The average molecular weight is 479 g/mol. The molecule has 0 saturated carbocycles. The Morgan fingerprint density at radius 3 is 2.45 bits per heavy atom. The first kappa shape index (κ1) is 24.5. The van der Waals surface area contributed by atoms with Crippen LogP contribution in [0.1, 0.15) is 6.42 Å². The molecule has 1 aliphatic rings. The molecule has 0 radical (unpaired) electrons. The third kappa shape index (κ3) is 7.17. The maximum absolute atomic E-state index is 12.7. The Bertz CT molecular complexity index is 1050. The number of nitrogens with one attached hydrogen (secondary N) is 1. The van der Waals surface area contributed by atoms with E-state index in [0.717, 1.165) is 0 Å². The summed E-state index contributed by atoms with van der Waals surface area (Å²) in [6.45, 7) is 0.822. The third-order valence-corrected chi connectivity index (χ3v) is 6.62. The van der Waals surface area contributed by atoms with E-state index >= 15 is 0 Å². The van der Waals surface area contributed by atoms with Gasteiger partial charge in [0.1, 0.15) is 11.5 Å². The molecule has 1 N–H and O–H groups in total. The lowest BCUT2D eigenvalue weighted by Crippen LogP contribution is -2.40. The standard InChI is InChI=1S/C22H26N2O8S/c1-29-18-5-7-19(8-6-18)31-12-9-22(26)32-16-21(25)23-17-3-2-4-20(15-17)33(27,28)24-10-13-30-14-11-24/h2-8,15H,9-14,16H2,1H3,(H,23,25). The van der Waals surface area contributed by atoms with Gasteiger partial charge in [-0.1, -0.05) is 6.07 Å². The van der Waals surface area contributed by atoms with Crippen molar-refractivity contribution in [1.82, 2.24) is 4.31 Å². The number of methoxy groups -OCH3 is 1. The molecule has 0 aromatic heterocycles. The molecule has 2 aromatic carbocycles. The number of carbonyl (C=O) groups is 2. The van der Waals surface area contributed by atoms with Crippen LogP contribution in [0, 0.1) is 0 Å². The van der Waals surface area contributed by atoms with Gasteiger partial charge in [0.15, 0.2) is 6.61 Å². The summed E-state index contributed by atoms with van der Waals surface area (Å²) in [5.74, 6) is 0.0907. The van der Waals surface area contributed by atoms with Gasteiger partial charge in [-0.3, -0.25) is 9.59 Å². The van der Waals surface area contributed by atoms with Gasteiger partial charge in [-0.05, 0) is 42.5 Å². The van der Waals surface area contributed by atoms with Crippen LogP contribution in [0.25, 0.3) is 0 Å². The van der Waals surface area contributed by atoms with Gasteiger partial charge in [0.25, 0.3) is 5.91 Å². The Morgan fingerprint density at radius 1 is 1.06 bits per heavy atom. The van der Waals surface area contributed by atoms with E-state index in [-0.39, 0.29) is 36.7 Å². The Kier molecular flexibility index (Phi) is 8.64. The highest BCUT2D eigenvalue weighted by Crippen LogP contribution is 2.21. The number of amides is 1. The van der Waals surface area contributed by atoms with E-state index in [9.17, 15) is 18.0 Å². The summed E-state index contributed by atoms with van der Waals surface area (Å²) < 4.78 is 47.5. The minimum absolute atomic E-state index is 0.0351. The van der Waals surface area contributed by atoms with Gasteiger partial charge >= 0.3 is 5.97 Å². The topological polar surface area (TPSA) is 120 Å². The minimum Gasteiger partial charge on any atom is -0.497 e. The highest BCUT2D eigenvalue weighted by molar-refractivity contribution is 7.89. The fourth-order valence-corrected chi connectivity index (χ4v) is 4.46. The molecule has 10 nitrogen and oxygen atoms in total. The van der Waals surface area contributed by atoms with Crippen LogP contribution in [0.15, 0.2) is 53.4 Å². The third-order valence-electron chi connectivity index (χ3n) is 4.72. The summed E-state index contributed by atoms with van der Waals surface area (Å²) in [5, 5.41) is 2.54. The smallest absolute Gasteiger partial charge is 0.309 e. The van der Waals surface area contributed by atoms with E-state index in [1.165, 1.54) is 22.5 Å². The number of rotatable bonds is 10. The van der Waals surface area contributed by atoms with Crippen molar-refractivity contribution in [2.24, 2.45) is 0 Å². The van der Waals surface area contributed by atoms with E-state index in [1.807, 2.05) is 0 Å². The minimum atomic E-state index is -3.69. The molecule has 1 aliphatic heterocycles. The second kappa shape index (κ2) is 11.6. The summed E-state index contributed by atoms with van der Waals surface area (Å²) in [4.78, 5) is 24.0. The van der Waals surface area contributed by atoms with Crippen molar-refractivity contribution >= 4 is 27.6 Å². The van der Waals surface area contributed by atoms with Gasteiger partial charge in [-0.25, -0.2) is 8.42 Å². The van der Waals surface area contributed by atoms with Crippen LogP contribution in [-0.2, 0) is 29.1 Å². The van der Waals surface area contributed by atoms with Crippen molar-refractivity contribution in [3.8, 4) is 11.5 Å².